The molecule has 1 aromatic carbocycles. The van der Waals surface area contributed by atoms with Gasteiger partial charge in [0, 0.05) is 0 Å². The number of carboxylic acid groups (broad SMARTS) is 1. The van der Waals surface area contributed by atoms with Gasteiger partial charge in [-0.15, -0.1) is 0 Å². The molecule has 0 saturated heterocycles. The maximum atomic E-state index is 12.8. The van der Waals surface area contributed by atoms with Crippen molar-refractivity contribution in [2.24, 2.45) is 0 Å². The summed E-state index contributed by atoms with van der Waals surface area (Å²) in [4.78, 5) is 24.3. The summed E-state index contributed by atoms with van der Waals surface area (Å²) in [5, 5.41) is 9.29. The van der Waals surface area contributed by atoms with E-state index in [0.717, 1.165) is 23.1 Å². The number of nitrogens with zero attached hydrogens (tertiary/aromatic N) is 1. The second kappa shape index (κ2) is 5.51. The zero-order valence-corrected chi connectivity index (χ0v) is 11.8. The lowest BCUT2D eigenvalue weighted by molar-refractivity contribution is -0.139. The molecule has 0 spiro atoms. The van der Waals surface area contributed by atoms with Crippen LogP contribution < -0.4 is 4.90 Å². The van der Waals surface area contributed by atoms with Crippen molar-refractivity contribution >= 4 is 17.7 Å². The first kappa shape index (κ1) is 16.1. The molecule has 1 aliphatic heterocycles. The number of halogens is 3. The number of fused-ring (bicyclic) bond motifs is 1. The van der Waals surface area contributed by atoms with Gasteiger partial charge in [0.2, 0.25) is 0 Å². The van der Waals surface area contributed by atoms with Crippen molar-refractivity contribution < 1.29 is 32.6 Å². The van der Waals surface area contributed by atoms with Crippen molar-refractivity contribution in [1.82, 2.24) is 0 Å². The number of aliphatic carboxylic acids is 1. The third-order valence-corrected chi connectivity index (χ3v) is 3.57. The molecule has 1 amide bonds. The molecule has 1 N–H and O–H groups in total. The average Bonchev–Trinajstić information content (AvgIpc) is 2.68. The Balaban J connectivity index is 2.57. The summed E-state index contributed by atoms with van der Waals surface area (Å²) in [6, 6.07) is 1.86. The lowest BCUT2D eigenvalue weighted by atomic mass is 9.95. The lowest BCUT2D eigenvalue weighted by Gasteiger charge is -2.23. The number of rotatable bonds is 2. The highest BCUT2D eigenvalue weighted by Crippen LogP contribution is 2.44. The van der Waals surface area contributed by atoms with Crippen LogP contribution in [0.25, 0.3) is 0 Å². The smallest absolute Gasteiger partial charge is 0.416 e. The standard InChI is InChI=1S/C14H14F3NO4/c1-3-22-13(21)18-7(2)11(12(19)20)9-5-4-8(6-10(9)18)14(15,16)17/h4-7,11H,3H2,1-2H3,(H,19,20). The highest BCUT2D eigenvalue weighted by Gasteiger charge is 2.45. The summed E-state index contributed by atoms with van der Waals surface area (Å²) < 4.78 is 43.3. The second-order valence-electron chi connectivity index (χ2n) is 4.90. The molecule has 0 aliphatic carbocycles. The Hall–Kier alpha value is -2.25. The summed E-state index contributed by atoms with van der Waals surface area (Å²) in [6.07, 6.45) is -5.45. The first-order valence-corrected chi connectivity index (χ1v) is 6.58. The Morgan fingerprint density at radius 1 is 1.36 bits per heavy atom. The SMILES string of the molecule is CCOC(=O)N1c2cc(C(F)(F)F)ccc2C(C(=O)O)C1C. The Bertz CT molecular complexity index is 615. The molecule has 5 nitrogen and oxygen atoms in total. The molecule has 2 atom stereocenters. The van der Waals surface area contributed by atoms with E-state index in [4.69, 9.17) is 4.74 Å². The minimum atomic E-state index is -4.58. The van der Waals surface area contributed by atoms with Crippen molar-refractivity contribution in [3.63, 3.8) is 0 Å². The number of carbonyl (C=O) groups excluding carboxylic acids is 1. The van der Waals surface area contributed by atoms with Gasteiger partial charge in [0.15, 0.2) is 0 Å². The van der Waals surface area contributed by atoms with Crippen LogP contribution in [0.4, 0.5) is 23.7 Å². The van der Waals surface area contributed by atoms with E-state index in [2.05, 4.69) is 0 Å². The van der Waals surface area contributed by atoms with Crippen LogP contribution in [0.1, 0.15) is 30.9 Å². The van der Waals surface area contributed by atoms with Crippen LogP contribution in [0, 0.1) is 0 Å². The number of alkyl halides is 3. The molecule has 0 radical (unpaired) electrons. The van der Waals surface area contributed by atoms with Gasteiger partial charge in [-0.05, 0) is 31.5 Å². The van der Waals surface area contributed by atoms with E-state index in [1.165, 1.54) is 6.92 Å². The van der Waals surface area contributed by atoms with Gasteiger partial charge in [0.1, 0.15) is 5.92 Å². The van der Waals surface area contributed by atoms with E-state index >= 15 is 0 Å². The fourth-order valence-electron chi connectivity index (χ4n) is 2.62. The van der Waals surface area contributed by atoms with E-state index in [-0.39, 0.29) is 17.9 Å². The topological polar surface area (TPSA) is 66.8 Å². The molecule has 0 saturated carbocycles. The second-order valence-corrected chi connectivity index (χ2v) is 4.90. The quantitative estimate of drug-likeness (QED) is 0.909. The number of ether oxygens (including phenoxy) is 1. The van der Waals surface area contributed by atoms with Crippen LogP contribution in [-0.4, -0.2) is 29.8 Å². The summed E-state index contributed by atoms with van der Waals surface area (Å²) in [6.45, 7) is 3.05. The number of hydrogen-bond donors (Lipinski definition) is 1. The molecule has 8 heteroatoms. The normalized spacial score (nSPS) is 20.7. The van der Waals surface area contributed by atoms with Gasteiger partial charge >= 0.3 is 18.2 Å². The van der Waals surface area contributed by atoms with Crippen molar-refractivity contribution in [3.8, 4) is 0 Å². The zero-order chi connectivity index (χ0) is 16.7. The van der Waals surface area contributed by atoms with Gasteiger partial charge in [-0.2, -0.15) is 13.2 Å². The molecule has 2 rings (SSSR count). The number of hydrogen-bond acceptors (Lipinski definition) is 3. The van der Waals surface area contributed by atoms with Gasteiger partial charge in [0.05, 0.1) is 23.9 Å². The van der Waals surface area contributed by atoms with Gasteiger partial charge < -0.3 is 9.84 Å². The summed E-state index contributed by atoms with van der Waals surface area (Å²) >= 11 is 0. The fourth-order valence-corrected chi connectivity index (χ4v) is 2.62. The van der Waals surface area contributed by atoms with Crippen LogP contribution in [0.2, 0.25) is 0 Å². The average molecular weight is 317 g/mol. The maximum Gasteiger partial charge on any atom is 0.416 e. The molecule has 1 aliphatic rings. The van der Waals surface area contributed by atoms with E-state index in [1.54, 1.807) is 6.92 Å². The van der Waals surface area contributed by atoms with Crippen LogP contribution in [0.5, 0.6) is 0 Å². The Labute approximate surface area is 124 Å². The van der Waals surface area contributed by atoms with E-state index in [1.807, 2.05) is 0 Å². The molecule has 120 valence electrons. The Morgan fingerprint density at radius 3 is 2.50 bits per heavy atom. The third kappa shape index (κ3) is 2.60. The van der Waals surface area contributed by atoms with Crippen molar-refractivity contribution in [2.45, 2.75) is 32.0 Å². The number of carbonyl (C=O) groups is 2. The molecule has 2 unspecified atom stereocenters. The molecule has 0 bridgehead atoms. The predicted molar refractivity (Wildman–Crippen MR) is 70.8 cm³/mol. The lowest BCUT2D eigenvalue weighted by Crippen LogP contribution is -2.39. The largest absolute Gasteiger partial charge is 0.481 e. The van der Waals surface area contributed by atoms with E-state index < -0.39 is 35.8 Å². The number of anilines is 1. The van der Waals surface area contributed by atoms with E-state index in [0.29, 0.717) is 0 Å². The van der Waals surface area contributed by atoms with Gasteiger partial charge in [-0.1, -0.05) is 6.07 Å². The predicted octanol–water partition coefficient (Wildman–Crippen LogP) is 3.24. The van der Waals surface area contributed by atoms with Crippen LogP contribution in [0.3, 0.4) is 0 Å². The van der Waals surface area contributed by atoms with Crippen LogP contribution in [0.15, 0.2) is 18.2 Å². The number of carboxylic acids is 1. The molecule has 1 heterocycles. The Kier molecular flexibility index (Phi) is 4.04. The van der Waals surface area contributed by atoms with Crippen LogP contribution in [-0.2, 0) is 15.7 Å². The molecular formula is C14H14F3NO4. The van der Waals surface area contributed by atoms with Crippen molar-refractivity contribution in [1.29, 1.82) is 0 Å². The maximum absolute atomic E-state index is 12.8. The number of amides is 1. The van der Waals surface area contributed by atoms with Gasteiger partial charge in [-0.3, -0.25) is 9.69 Å². The molecule has 22 heavy (non-hydrogen) atoms. The first-order chi connectivity index (χ1) is 10.2. The molecule has 0 aromatic heterocycles. The van der Waals surface area contributed by atoms with Gasteiger partial charge in [0.25, 0.3) is 0 Å². The van der Waals surface area contributed by atoms with Crippen molar-refractivity contribution in [2.75, 3.05) is 11.5 Å². The third-order valence-electron chi connectivity index (χ3n) is 3.57. The molecule has 0 fully saturated rings. The summed E-state index contributed by atoms with van der Waals surface area (Å²) in [7, 11) is 0. The highest BCUT2D eigenvalue weighted by molar-refractivity contribution is 5.96. The first-order valence-electron chi connectivity index (χ1n) is 6.58. The highest BCUT2D eigenvalue weighted by atomic mass is 19.4. The summed E-state index contributed by atoms with van der Waals surface area (Å²) in [5.74, 6) is -2.30. The zero-order valence-electron chi connectivity index (χ0n) is 11.8. The molecular weight excluding hydrogens is 303 g/mol. The van der Waals surface area contributed by atoms with Gasteiger partial charge in [-0.25, -0.2) is 4.79 Å². The molecule has 1 aromatic rings. The monoisotopic (exact) mass is 317 g/mol. The summed E-state index contributed by atoms with van der Waals surface area (Å²) in [5.41, 5.74) is -0.854. The van der Waals surface area contributed by atoms with Crippen molar-refractivity contribution in [3.05, 3.63) is 29.3 Å². The van der Waals surface area contributed by atoms with E-state index in [9.17, 15) is 27.9 Å². The number of benzene rings is 1. The Morgan fingerprint density at radius 2 is 2.00 bits per heavy atom. The fraction of sp³-hybridized carbons (Fsp3) is 0.429. The minimum absolute atomic E-state index is 0.0358. The van der Waals surface area contributed by atoms with Crippen LogP contribution >= 0.6 is 0 Å². The minimum Gasteiger partial charge on any atom is -0.481 e.